The molecule has 194 valence electrons. The Bertz CT molecular complexity index is 1020. The number of nitrogens with one attached hydrogen (secondary N) is 1. The summed E-state index contributed by atoms with van der Waals surface area (Å²) in [4.78, 5) is 35.0. The molecule has 36 heavy (non-hydrogen) atoms. The first-order chi connectivity index (χ1) is 17.6. The Morgan fingerprint density at radius 1 is 1.19 bits per heavy atom. The van der Waals surface area contributed by atoms with E-state index in [0.29, 0.717) is 24.4 Å². The van der Waals surface area contributed by atoms with Gasteiger partial charge in [0.05, 0.1) is 43.6 Å². The van der Waals surface area contributed by atoms with Crippen molar-refractivity contribution in [2.75, 3.05) is 59.7 Å². The van der Waals surface area contributed by atoms with E-state index in [4.69, 9.17) is 14.2 Å². The average molecular weight is 515 g/mol. The number of esters is 1. The summed E-state index contributed by atoms with van der Waals surface area (Å²) in [5.74, 6) is -0.475. The number of nitrogens with zero attached hydrogens (tertiary/aromatic N) is 3. The van der Waals surface area contributed by atoms with Crippen LogP contribution in [0, 0.1) is 0 Å². The third kappa shape index (κ3) is 6.56. The van der Waals surface area contributed by atoms with Crippen molar-refractivity contribution in [1.82, 2.24) is 15.1 Å². The monoisotopic (exact) mass is 514 g/mol. The van der Waals surface area contributed by atoms with Crippen molar-refractivity contribution >= 4 is 28.8 Å². The molecule has 0 saturated carbocycles. The van der Waals surface area contributed by atoms with E-state index in [0.717, 1.165) is 55.7 Å². The molecule has 10 heteroatoms. The number of thioether (sulfide) groups is 1. The first kappa shape index (κ1) is 26.4. The van der Waals surface area contributed by atoms with Gasteiger partial charge in [0.25, 0.3) is 0 Å². The normalized spacial score (nSPS) is 20.1. The van der Waals surface area contributed by atoms with Crippen LogP contribution in [0.2, 0.25) is 0 Å². The number of rotatable bonds is 11. The number of carbonyl (C=O) groups is 2. The maximum Gasteiger partial charge on any atom is 0.338 e. The highest BCUT2D eigenvalue weighted by Gasteiger charge is 2.41. The summed E-state index contributed by atoms with van der Waals surface area (Å²) < 4.78 is 15.9. The predicted octanol–water partition coefficient (Wildman–Crippen LogP) is 2.68. The second kappa shape index (κ2) is 13.0. The number of hydrogen-bond acceptors (Lipinski definition) is 9. The van der Waals surface area contributed by atoms with Crippen LogP contribution in [0.5, 0.6) is 0 Å². The van der Waals surface area contributed by atoms with E-state index in [1.54, 1.807) is 7.11 Å². The Labute approximate surface area is 216 Å². The molecule has 1 aromatic carbocycles. The minimum absolute atomic E-state index is 0.0487. The molecule has 0 bridgehead atoms. The maximum atomic E-state index is 13.1. The lowest BCUT2D eigenvalue weighted by atomic mass is 9.94. The minimum atomic E-state index is -0.427. The largest absolute Gasteiger partial charge is 0.460 e. The number of amidine groups is 1. The first-order valence-electron chi connectivity index (χ1n) is 12.3. The van der Waals surface area contributed by atoms with Crippen LogP contribution < -0.4 is 5.32 Å². The SMILES string of the molecule is COCCOC(=O)C1=C(C)N=C2SC=C(CC(=O)NCCCN3CCOCC3)N2[C@H]1c1ccccc1. The molecule has 1 aromatic rings. The zero-order chi connectivity index (χ0) is 25.3. The van der Waals surface area contributed by atoms with Gasteiger partial charge in [-0.05, 0) is 30.9 Å². The van der Waals surface area contributed by atoms with Crippen LogP contribution in [-0.4, -0.2) is 86.6 Å². The highest BCUT2D eigenvalue weighted by molar-refractivity contribution is 8.16. The Morgan fingerprint density at radius 3 is 2.72 bits per heavy atom. The molecule has 9 nitrogen and oxygen atoms in total. The van der Waals surface area contributed by atoms with Crippen molar-refractivity contribution in [2.45, 2.75) is 25.8 Å². The van der Waals surface area contributed by atoms with Crippen LogP contribution in [-0.2, 0) is 23.8 Å². The number of hydrogen-bond donors (Lipinski definition) is 1. The zero-order valence-electron chi connectivity index (χ0n) is 20.9. The van der Waals surface area contributed by atoms with E-state index in [-0.39, 0.29) is 18.9 Å². The molecule has 0 spiro atoms. The van der Waals surface area contributed by atoms with Crippen molar-refractivity contribution < 1.29 is 23.8 Å². The van der Waals surface area contributed by atoms with Gasteiger partial charge >= 0.3 is 5.97 Å². The standard InChI is InChI=1S/C26H34N4O5S/c1-19-23(25(32)35-16-15-33-2)24(20-7-4-3-5-8-20)30-21(18-36-26(30)28-19)17-22(31)27-9-6-10-29-11-13-34-14-12-29/h3-5,7-8,18,24H,6,9-17H2,1-2H3,(H,27,31)/t24-/m0/s1. The molecule has 4 rings (SSSR count). The summed E-state index contributed by atoms with van der Waals surface area (Å²) in [7, 11) is 1.56. The van der Waals surface area contributed by atoms with E-state index >= 15 is 0 Å². The number of fused-ring (bicyclic) bond motifs is 1. The Morgan fingerprint density at radius 2 is 1.97 bits per heavy atom. The predicted molar refractivity (Wildman–Crippen MR) is 139 cm³/mol. The molecular weight excluding hydrogens is 480 g/mol. The number of aliphatic imine (C=N–C) groups is 1. The summed E-state index contributed by atoms with van der Waals surface area (Å²) in [5, 5.41) is 5.75. The molecule has 3 heterocycles. The van der Waals surface area contributed by atoms with Crippen molar-refractivity contribution in [3.8, 4) is 0 Å². The Balaban J connectivity index is 1.44. The number of allylic oxidation sites excluding steroid dienone is 1. The van der Waals surface area contributed by atoms with Crippen LogP contribution in [0.1, 0.15) is 31.4 Å². The third-order valence-corrected chi connectivity index (χ3v) is 7.16. The lowest BCUT2D eigenvalue weighted by Crippen LogP contribution is -2.39. The lowest BCUT2D eigenvalue weighted by Gasteiger charge is -2.36. The van der Waals surface area contributed by atoms with Crippen LogP contribution in [0.15, 0.2) is 57.7 Å². The second-order valence-corrected chi connectivity index (χ2v) is 9.60. The fourth-order valence-electron chi connectivity index (χ4n) is 4.46. The van der Waals surface area contributed by atoms with Crippen LogP contribution >= 0.6 is 11.8 Å². The summed E-state index contributed by atoms with van der Waals surface area (Å²) in [5.41, 5.74) is 2.84. The van der Waals surface area contributed by atoms with Gasteiger partial charge in [-0.25, -0.2) is 9.79 Å². The zero-order valence-corrected chi connectivity index (χ0v) is 21.7. The van der Waals surface area contributed by atoms with Crippen molar-refractivity contribution in [1.29, 1.82) is 0 Å². The van der Waals surface area contributed by atoms with Crippen LogP contribution in [0.25, 0.3) is 0 Å². The summed E-state index contributed by atoms with van der Waals surface area (Å²) in [6.07, 6.45) is 1.10. The van der Waals surface area contributed by atoms with Gasteiger partial charge in [-0.1, -0.05) is 42.1 Å². The molecular formula is C26H34N4O5S. The number of benzene rings is 1. The van der Waals surface area contributed by atoms with Gasteiger partial charge in [-0.2, -0.15) is 0 Å². The summed E-state index contributed by atoms with van der Waals surface area (Å²) in [6, 6.07) is 9.36. The molecule has 1 fully saturated rings. The Kier molecular flexibility index (Phi) is 9.57. The van der Waals surface area contributed by atoms with E-state index in [1.807, 2.05) is 47.6 Å². The topological polar surface area (TPSA) is 92.7 Å². The third-order valence-electron chi connectivity index (χ3n) is 6.28. The molecule has 1 N–H and O–H groups in total. The number of morpholine rings is 1. The van der Waals surface area contributed by atoms with Gasteiger partial charge in [0.15, 0.2) is 5.17 Å². The van der Waals surface area contributed by atoms with E-state index in [1.165, 1.54) is 11.8 Å². The van der Waals surface area contributed by atoms with Crippen LogP contribution in [0.3, 0.4) is 0 Å². The maximum absolute atomic E-state index is 13.1. The average Bonchev–Trinajstić information content (AvgIpc) is 3.28. The van der Waals surface area contributed by atoms with Crippen molar-refractivity contribution in [3.63, 3.8) is 0 Å². The first-order valence-corrected chi connectivity index (χ1v) is 13.2. The van der Waals surface area contributed by atoms with E-state index in [9.17, 15) is 9.59 Å². The lowest BCUT2D eigenvalue weighted by molar-refractivity contribution is -0.141. The second-order valence-electron chi connectivity index (χ2n) is 8.77. The molecule has 0 aliphatic carbocycles. The van der Waals surface area contributed by atoms with Gasteiger partial charge < -0.3 is 24.4 Å². The molecule has 0 aromatic heterocycles. The molecule has 0 radical (unpaired) electrons. The molecule has 1 amide bonds. The number of amides is 1. The van der Waals surface area contributed by atoms with Gasteiger partial charge in [0, 0.05) is 32.4 Å². The fourth-order valence-corrected chi connectivity index (χ4v) is 5.42. The molecule has 0 unspecified atom stereocenters. The number of ether oxygens (including phenoxy) is 3. The van der Waals surface area contributed by atoms with Crippen molar-refractivity contribution in [3.05, 3.63) is 58.3 Å². The van der Waals surface area contributed by atoms with Crippen molar-refractivity contribution in [2.24, 2.45) is 4.99 Å². The summed E-state index contributed by atoms with van der Waals surface area (Å²) >= 11 is 1.47. The van der Waals surface area contributed by atoms with E-state index in [2.05, 4.69) is 15.2 Å². The minimum Gasteiger partial charge on any atom is -0.460 e. The quantitative estimate of drug-likeness (QED) is 0.356. The van der Waals surface area contributed by atoms with Gasteiger partial charge in [-0.15, -0.1) is 0 Å². The van der Waals surface area contributed by atoms with Crippen LogP contribution in [0.4, 0.5) is 0 Å². The molecule has 3 aliphatic heterocycles. The smallest absolute Gasteiger partial charge is 0.338 e. The summed E-state index contributed by atoms with van der Waals surface area (Å²) in [6.45, 7) is 7.31. The van der Waals surface area contributed by atoms with Gasteiger partial charge in [-0.3, -0.25) is 9.69 Å². The fraction of sp³-hybridized carbons (Fsp3) is 0.500. The van der Waals surface area contributed by atoms with Gasteiger partial charge in [0.2, 0.25) is 5.91 Å². The number of methoxy groups -OCH3 is 1. The molecule has 1 atom stereocenters. The highest BCUT2D eigenvalue weighted by atomic mass is 32.2. The van der Waals surface area contributed by atoms with E-state index < -0.39 is 12.0 Å². The molecule has 3 aliphatic rings. The number of carbonyl (C=O) groups excluding carboxylic acids is 2. The highest BCUT2D eigenvalue weighted by Crippen LogP contribution is 2.44. The Hall–Kier alpha value is -2.66. The molecule has 1 saturated heterocycles. The van der Waals surface area contributed by atoms with Gasteiger partial charge in [0.1, 0.15) is 6.61 Å².